The molecule has 5 N–H and O–H groups in total. The molecule has 2 rings (SSSR count). The highest BCUT2D eigenvalue weighted by Gasteiger charge is 2.34. The Bertz CT molecular complexity index is 720. The molecule has 0 saturated heterocycles. The number of benzene rings is 1. The summed E-state index contributed by atoms with van der Waals surface area (Å²) in [6.45, 7) is 1.68. The van der Waals surface area contributed by atoms with Crippen molar-refractivity contribution in [3.05, 3.63) is 53.8 Å². The average molecular weight is 339 g/mol. The van der Waals surface area contributed by atoms with Gasteiger partial charge in [-0.2, -0.15) is 4.76 Å². The molecule has 1 aliphatic rings. The van der Waals surface area contributed by atoms with Crippen molar-refractivity contribution >= 4 is 13.5 Å². The summed E-state index contributed by atoms with van der Waals surface area (Å²) in [5.74, 6) is -1.78. The first-order valence-electron chi connectivity index (χ1n) is 6.89. The van der Waals surface area contributed by atoms with Crippen LogP contribution in [0, 0.1) is 5.92 Å². The van der Waals surface area contributed by atoms with Gasteiger partial charge in [0.2, 0.25) is 0 Å². The van der Waals surface area contributed by atoms with Crippen LogP contribution >= 0.6 is 7.75 Å². The first kappa shape index (κ1) is 17.4. The van der Waals surface area contributed by atoms with Crippen LogP contribution in [0.15, 0.2) is 53.0 Å². The largest absolute Gasteiger partial charge is 0.512 e. The second-order valence-electron chi connectivity index (χ2n) is 5.34. The zero-order valence-electron chi connectivity index (χ0n) is 12.3. The molecule has 3 atom stereocenters. The van der Waals surface area contributed by atoms with Gasteiger partial charge in [0.15, 0.2) is 0 Å². The van der Waals surface area contributed by atoms with E-state index < -0.39 is 25.7 Å². The maximum Gasteiger partial charge on any atom is 0.448 e. The van der Waals surface area contributed by atoms with Crippen molar-refractivity contribution in [1.29, 1.82) is 0 Å². The Balaban J connectivity index is 2.36. The van der Waals surface area contributed by atoms with Crippen LogP contribution in [0.1, 0.15) is 18.4 Å². The van der Waals surface area contributed by atoms with Crippen molar-refractivity contribution < 1.29 is 29.7 Å². The van der Waals surface area contributed by atoms with E-state index in [4.69, 9.17) is 9.79 Å². The van der Waals surface area contributed by atoms with Crippen molar-refractivity contribution in [2.24, 2.45) is 10.7 Å². The third kappa shape index (κ3) is 4.30. The Morgan fingerprint density at radius 3 is 2.57 bits per heavy atom. The van der Waals surface area contributed by atoms with Gasteiger partial charge in [-0.25, -0.2) is 4.57 Å². The number of phenols is 1. The van der Waals surface area contributed by atoms with Gasteiger partial charge in [0.25, 0.3) is 0 Å². The zero-order valence-corrected chi connectivity index (χ0v) is 13.2. The molecule has 124 valence electrons. The summed E-state index contributed by atoms with van der Waals surface area (Å²) in [4.78, 5) is 18.0. The van der Waals surface area contributed by atoms with E-state index in [2.05, 4.69) is 4.76 Å². The van der Waals surface area contributed by atoms with E-state index in [1.807, 2.05) is 0 Å². The van der Waals surface area contributed by atoms with E-state index >= 15 is 0 Å². The molecule has 3 unspecified atom stereocenters. The van der Waals surface area contributed by atoms with Crippen LogP contribution in [0.2, 0.25) is 0 Å². The second-order valence-corrected chi connectivity index (χ2v) is 6.57. The molecule has 0 saturated carbocycles. The molecule has 0 spiro atoms. The highest BCUT2D eigenvalue weighted by molar-refractivity contribution is 7.50. The van der Waals surface area contributed by atoms with Gasteiger partial charge in [-0.15, -0.1) is 0 Å². The molecular formula is C15H18NO6P. The summed E-state index contributed by atoms with van der Waals surface area (Å²) in [7, 11) is -4.70. The smallest absolute Gasteiger partial charge is 0.448 e. The Kier molecular flexibility index (Phi) is 5.06. The fraction of sp³-hybridized carbons (Fsp3) is 0.267. The van der Waals surface area contributed by atoms with Gasteiger partial charge in [-0.3, -0.25) is 0 Å². The Morgan fingerprint density at radius 1 is 1.26 bits per heavy atom. The van der Waals surface area contributed by atoms with Gasteiger partial charge < -0.3 is 25.1 Å². The number of rotatable bonds is 4. The van der Waals surface area contributed by atoms with Crippen LogP contribution in [0.5, 0.6) is 5.75 Å². The van der Waals surface area contributed by atoms with Crippen molar-refractivity contribution in [3.8, 4) is 5.75 Å². The maximum atomic E-state index is 11.1. The van der Waals surface area contributed by atoms with Gasteiger partial charge in [-0.1, -0.05) is 25.1 Å². The van der Waals surface area contributed by atoms with Crippen molar-refractivity contribution in [2.75, 3.05) is 0 Å². The highest BCUT2D eigenvalue weighted by atomic mass is 31.2. The molecule has 0 bridgehead atoms. The number of hydrogen-bond acceptors (Lipinski definition) is 4. The maximum absolute atomic E-state index is 11.1. The topological polar surface area (TPSA) is 131 Å². The van der Waals surface area contributed by atoms with Crippen molar-refractivity contribution in [2.45, 2.75) is 18.9 Å². The quantitative estimate of drug-likeness (QED) is 0.533. The number of allylic oxidation sites excluding steroid dienone is 3. The van der Waals surface area contributed by atoms with Crippen LogP contribution in [0.3, 0.4) is 0 Å². The molecule has 7 nitrogen and oxygen atoms in total. The fourth-order valence-corrected chi connectivity index (χ4v) is 2.99. The Labute approximate surface area is 133 Å². The minimum Gasteiger partial charge on any atom is -0.512 e. The van der Waals surface area contributed by atoms with E-state index in [9.17, 15) is 19.9 Å². The second kappa shape index (κ2) is 6.68. The molecular weight excluding hydrogens is 321 g/mol. The van der Waals surface area contributed by atoms with Crippen LogP contribution < -0.4 is 0 Å². The lowest BCUT2D eigenvalue weighted by atomic mass is 9.82. The summed E-state index contributed by atoms with van der Waals surface area (Å²) in [6, 6.07) is 6.29. The number of aliphatic hydroxyl groups is 2. The van der Waals surface area contributed by atoms with Gasteiger partial charge in [-0.05, 0) is 29.8 Å². The number of hydrogen-bond donors (Lipinski definition) is 5. The Hall–Kier alpha value is -1.92. The molecule has 0 fully saturated rings. The Morgan fingerprint density at radius 2 is 1.96 bits per heavy atom. The van der Waals surface area contributed by atoms with E-state index in [1.54, 1.807) is 19.1 Å². The van der Waals surface area contributed by atoms with E-state index in [0.717, 1.165) is 0 Å². The zero-order chi connectivity index (χ0) is 17.2. The predicted molar refractivity (Wildman–Crippen MR) is 85.3 cm³/mol. The lowest BCUT2D eigenvalue weighted by Gasteiger charge is -2.29. The fourth-order valence-electron chi connectivity index (χ4n) is 2.49. The molecule has 1 aromatic carbocycles. The van der Waals surface area contributed by atoms with Crippen LogP contribution in [-0.2, 0) is 4.57 Å². The lowest BCUT2D eigenvalue weighted by molar-refractivity contribution is 0.109. The average Bonchev–Trinajstić information content (AvgIpc) is 2.44. The van der Waals surface area contributed by atoms with E-state index in [1.165, 1.54) is 30.4 Å². The highest BCUT2D eigenvalue weighted by Crippen LogP contribution is 2.40. The number of aromatic hydroxyl groups is 1. The standard InChI is InChI=1S/C15H18NO6P/c1-9(10-4-2-5-11(17)8-10)15(19)14-12(16-23(20,21)22)6-3-7-13(14)18/h2-9,14-15,17-19H,1H3,(H2,20,21,22)/b16-12+. The number of phenolic OH excluding ortho intramolecular Hbond substituents is 1. The van der Waals surface area contributed by atoms with Crippen molar-refractivity contribution in [1.82, 2.24) is 0 Å². The minimum absolute atomic E-state index is 0.0361. The molecule has 0 aromatic heterocycles. The number of aliphatic hydroxyl groups excluding tert-OH is 2. The summed E-state index contributed by atoms with van der Waals surface area (Å²) in [5, 5.41) is 30.1. The van der Waals surface area contributed by atoms with E-state index in [0.29, 0.717) is 5.56 Å². The van der Waals surface area contributed by atoms with Gasteiger partial charge in [0.05, 0.1) is 17.7 Å². The predicted octanol–water partition coefficient (Wildman–Crippen LogP) is 2.02. The monoisotopic (exact) mass is 339 g/mol. The van der Waals surface area contributed by atoms with Crippen LogP contribution in [-0.4, -0.2) is 36.9 Å². The first-order chi connectivity index (χ1) is 10.7. The lowest BCUT2D eigenvalue weighted by Crippen LogP contribution is -2.34. The normalized spacial score (nSPS) is 22.7. The number of nitrogens with zero attached hydrogens (tertiary/aromatic N) is 1. The summed E-state index contributed by atoms with van der Waals surface area (Å²) in [5.41, 5.74) is 0.521. The molecule has 8 heteroatoms. The first-order valence-corrected chi connectivity index (χ1v) is 8.45. The molecule has 0 aliphatic heterocycles. The van der Waals surface area contributed by atoms with Crippen LogP contribution in [0.25, 0.3) is 0 Å². The third-order valence-corrected chi connectivity index (χ3v) is 4.16. The summed E-state index contributed by atoms with van der Waals surface area (Å²) in [6.07, 6.45) is 2.87. The van der Waals surface area contributed by atoms with Gasteiger partial charge in [0.1, 0.15) is 11.5 Å². The van der Waals surface area contributed by atoms with Gasteiger partial charge >= 0.3 is 7.75 Å². The molecule has 1 aliphatic carbocycles. The van der Waals surface area contributed by atoms with Gasteiger partial charge in [0, 0.05) is 5.92 Å². The van der Waals surface area contributed by atoms with E-state index in [-0.39, 0.29) is 17.2 Å². The third-order valence-electron chi connectivity index (χ3n) is 3.67. The summed E-state index contributed by atoms with van der Waals surface area (Å²) >= 11 is 0. The molecule has 23 heavy (non-hydrogen) atoms. The van der Waals surface area contributed by atoms with Crippen LogP contribution in [0.4, 0.5) is 0 Å². The molecule has 0 amide bonds. The summed E-state index contributed by atoms with van der Waals surface area (Å²) < 4.78 is 14.4. The molecule has 1 aromatic rings. The molecule has 0 radical (unpaired) electrons. The minimum atomic E-state index is -4.70. The SMILES string of the molecule is CC(c1cccc(O)c1)C(O)C1C(O)=CC=C/C1=N\P(=O)(O)O. The molecule has 0 heterocycles. The van der Waals surface area contributed by atoms with Crippen molar-refractivity contribution in [3.63, 3.8) is 0 Å².